The molecule has 0 atom stereocenters. The average molecular weight is 607 g/mol. The molecule has 0 aliphatic heterocycles. The van der Waals surface area contributed by atoms with Crippen molar-refractivity contribution in [3.63, 3.8) is 0 Å². The molecule has 0 N–H and O–H groups in total. The Morgan fingerprint density at radius 1 is 0.692 bits per heavy atom. The van der Waals surface area contributed by atoms with Gasteiger partial charge in [0.15, 0.2) is 0 Å². The van der Waals surface area contributed by atoms with Crippen molar-refractivity contribution in [1.82, 2.24) is 15.0 Å². The molecule has 0 radical (unpaired) electrons. The summed E-state index contributed by atoms with van der Waals surface area (Å²) < 4.78 is 91.3. The Bertz CT molecular complexity index is 1740. The molecule has 0 saturated heterocycles. The maximum absolute atomic E-state index is 13.9. The number of rotatable bonds is 1. The predicted molar refractivity (Wildman–Crippen MR) is 136 cm³/mol. The average Bonchev–Trinajstić information content (AvgIpc) is 2.84. The number of hydrogen-bond acceptors (Lipinski definition) is 3. The van der Waals surface area contributed by atoms with E-state index in [1.807, 2.05) is 0 Å². The molecule has 0 spiro atoms. The van der Waals surface area contributed by atoms with Gasteiger partial charge in [0.1, 0.15) is 34.1 Å². The number of pyridine rings is 3. The third-order valence-corrected chi connectivity index (χ3v) is 6.92. The highest BCUT2D eigenvalue weighted by Crippen LogP contribution is 2.36. The number of nitrogens with zero attached hydrogens (tertiary/aromatic N) is 3. The van der Waals surface area contributed by atoms with Crippen molar-refractivity contribution in [2.24, 2.45) is 0 Å². The minimum absolute atomic E-state index is 0.0207. The standard InChI is InChI=1S/C16H8ClF5N2.C10H5Cl2F2N/c1-7-14(17)13-10(19)4-9(18)5-11(13)24-15(7)8-2-3-12(23-6-8)16(20,21)22;1-4-9(11)8-6(14)2-5(13)3-7(8)15-10(4)12/h2-6H,1H3;2-3H,1H3. The van der Waals surface area contributed by atoms with Gasteiger partial charge >= 0.3 is 6.18 Å². The normalized spacial score (nSPS) is 11.6. The van der Waals surface area contributed by atoms with E-state index in [0.717, 1.165) is 30.5 Å². The van der Waals surface area contributed by atoms with Crippen LogP contribution in [0.3, 0.4) is 0 Å². The first-order valence-electron chi connectivity index (χ1n) is 10.8. The van der Waals surface area contributed by atoms with Gasteiger partial charge in [0.25, 0.3) is 0 Å². The highest BCUT2D eigenvalue weighted by atomic mass is 35.5. The second kappa shape index (κ2) is 10.7. The molecule has 13 heteroatoms. The topological polar surface area (TPSA) is 38.7 Å². The maximum atomic E-state index is 13.9. The zero-order chi connectivity index (χ0) is 28.8. The fourth-order valence-electron chi connectivity index (χ4n) is 3.68. The largest absolute Gasteiger partial charge is 0.433 e. The fraction of sp³-hybridized carbons (Fsp3) is 0.115. The molecular formula is C26H13Cl3F7N3. The molecule has 3 nitrogen and oxygen atoms in total. The molecule has 0 aliphatic carbocycles. The molecule has 0 saturated carbocycles. The van der Waals surface area contributed by atoms with Gasteiger partial charge in [-0.15, -0.1) is 0 Å². The monoisotopic (exact) mass is 605 g/mol. The molecule has 5 aromatic rings. The van der Waals surface area contributed by atoms with Crippen LogP contribution in [-0.4, -0.2) is 15.0 Å². The lowest BCUT2D eigenvalue weighted by Gasteiger charge is -2.12. The van der Waals surface area contributed by atoms with Crippen LogP contribution in [0.2, 0.25) is 15.2 Å². The van der Waals surface area contributed by atoms with Crippen molar-refractivity contribution in [3.8, 4) is 11.3 Å². The van der Waals surface area contributed by atoms with E-state index in [2.05, 4.69) is 15.0 Å². The molecule has 202 valence electrons. The van der Waals surface area contributed by atoms with Crippen LogP contribution in [0.15, 0.2) is 42.6 Å². The molecule has 3 heterocycles. The lowest BCUT2D eigenvalue weighted by atomic mass is 10.0. The number of halogens is 10. The van der Waals surface area contributed by atoms with Crippen molar-refractivity contribution in [3.05, 3.63) is 97.9 Å². The lowest BCUT2D eigenvalue weighted by molar-refractivity contribution is -0.141. The van der Waals surface area contributed by atoms with Gasteiger partial charge in [-0.1, -0.05) is 34.8 Å². The van der Waals surface area contributed by atoms with Crippen LogP contribution in [-0.2, 0) is 6.18 Å². The smallest absolute Gasteiger partial charge is 0.251 e. The van der Waals surface area contributed by atoms with E-state index in [4.69, 9.17) is 34.8 Å². The summed E-state index contributed by atoms with van der Waals surface area (Å²) >= 11 is 17.8. The Morgan fingerprint density at radius 2 is 1.21 bits per heavy atom. The summed E-state index contributed by atoms with van der Waals surface area (Å²) in [4.78, 5) is 11.3. The number of benzene rings is 2. The molecule has 0 amide bonds. The minimum atomic E-state index is -4.56. The molecule has 0 aliphatic rings. The minimum Gasteiger partial charge on any atom is -0.251 e. The summed E-state index contributed by atoms with van der Waals surface area (Å²) in [5.41, 5.74) is 0.347. The first kappa shape index (κ1) is 28.8. The summed E-state index contributed by atoms with van der Waals surface area (Å²) in [6.07, 6.45) is -3.57. The van der Waals surface area contributed by atoms with Gasteiger partial charge in [0.05, 0.1) is 37.5 Å². The van der Waals surface area contributed by atoms with Crippen molar-refractivity contribution < 1.29 is 30.7 Å². The van der Waals surface area contributed by atoms with E-state index in [1.54, 1.807) is 13.8 Å². The molecule has 3 aromatic heterocycles. The Labute approximate surface area is 231 Å². The third kappa shape index (κ3) is 5.73. The maximum Gasteiger partial charge on any atom is 0.433 e. The Morgan fingerprint density at radius 3 is 1.69 bits per heavy atom. The first-order valence-corrected chi connectivity index (χ1v) is 11.9. The van der Waals surface area contributed by atoms with E-state index in [-0.39, 0.29) is 48.3 Å². The molecule has 39 heavy (non-hydrogen) atoms. The Balaban J connectivity index is 0.000000202. The third-order valence-electron chi connectivity index (χ3n) is 5.61. The van der Waals surface area contributed by atoms with Gasteiger partial charge in [-0.2, -0.15) is 13.2 Å². The molecule has 2 aromatic carbocycles. The zero-order valence-corrected chi connectivity index (χ0v) is 21.9. The fourth-order valence-corrected chi connectivity index (χ4v) is 4.46. The van der Waals surface area contributed by atoms with E-state index in [0.29, 0.717) is 17.2 Å². The van der Waals surface area contributed by atoms with E-state index >= 15 is 0 Å². The summed E-state index contributed by atoms with van der Waals surface area (Å²) in [5, 5.41) is 0.395. The van der Waals surface area contributed by atoms with Crippen LogP contribution >= 0.6 is 34.8 Å². The number of aromatic nitrogens is 3. The highest BCUT2D eigenvalue weighted by Gasteiger charge is 2.32. The summed E-state index contributed by atoms with van der Waals surface area (Å²) in [7, 11) is 0. The summed E-state index contributed by atoms with van der Waals surface area (Å²) in [5.74, 6) is -3.13. The van der Waals surface area contributed by atoms with Gasteiger partial charge in [-0.05, 0) is 31.5 Å². The number of fused-ring (bicyclic) bond motifs is 2. The van der Waals surface area contributed by atoms with Crippen molar-refractivity contribution in [2.75, 3.05) is 0 Å². The molecule has 0 unspecified atom stereocenters. The number of alkyl halides is 3. The molecular weight excluding hydrogens is 594 g/mol. The van der Waals surface area contributed by atoms with E-state index in [9.17, 15) is 30.7 Å². The molecule has 5 rings (SSSR count). The quantitative estimate of drug-likeness (QED) is 0.141. The lowest BCUT2D eigenvalue weighted by Crippen LogP contribution is -2.07. The van der Waals surface area contributed by atoms with Crippen LogP contribution < -0.4 is 0 Å². The first-order chi connectivity index (χ1) is 18.2. The van der Waals surface area contributed by atoms with Gasteiger partial charge in [-0.3, -0.25) is 4.98 Å². The van der Waals surface area contributed by atoms with E-state index in [1.165, 1.54) is 6.07 Å². The Kier molecular flexibility index (Phi) is 7.93. The summed E-state index contributed by atoms with van der Waals surface area (Å²) in [6.45, 7) is 3.17. The van der Waals surface area contributed by atoms with Gasteiger partial charge in [-0.25, -0.2) is 27.5 Å². The van der Waals surface area contributed by atoms with Crippen LogP contribution in [0.5, 0.6) is 0 Å². The van der Waals surface area contributed by atoms with Crippen molar-refractivity contribution in [1.29, 1.82) is 0 Å². The van der Waals surface area contributed by atoms with Crippen LogP contribution in [0.4, 0.5) is 30.7 Å². The van der Waals surface area contributed by atoms with Crippen LogP contribution in [0.25, 0.3) is 33.1 Å². The molecule has 0 bridgehead atoms. The van der Waals surface area contributed by atoms with E-state index < -0.39 is 35.1 Å². The van der Waals surface area contributed by atoms with Crippen molar-refractivity contribution >= 4 is 56.6 Å². The van der Waals surface area contributed by atoms with Gasteiger partial charge in [0, 0.05) is 41.6 Å². The van der Waals surface area contributed by atoms with Gasteiger partial charge < -0.3 is 0 Å². The van der Waals surface area contributed by atoms with Crippen LogP contribution in [0.1, 0.15) is 16.8 Å². The van der Waals surface area contributed by atoms with Crippen LogP contribution in [0, 0.1) is 37.1 Å². The highest BCUT2D eigenvalue weighted by molar-refractivity contribution is 6.39. The van der Waals surface area contributed by atoms with Gasteiger partial charge in [0.2, 0.25) is 0 Å². The summed E-state index contributed by atoms with van der Waals surface area (Å²) in [6, 6.07) is 5.54. The second-order valence-corrected chi connectivity index (χ2v) is 9.35. The second-order valence-electron chi connectivity index (χ2n) is 8.23. The SMILES string of the molecule is Cc1c(-c2ccc(C(F)(F)F)nc2)nc2cc(F)cc(F)c2c1Cl.Cc1c(Cl)nc2cc(F)cc(F)c2c1Cl. The molecule has 0 fully saturated rings. The predicted octanol–water partition coefficient (Wildman–Crippen LogP) is 9.68. The zero-order valence-electron chi connectivity index (χ0n) is 19.7. The number of hydrogen-bond donors (Lipinski definition) is 0. The Hall–Kier alpha value is -3.21. The van der Waals surface area contributed by atoms with Crippen molar-refractivity contribution in [2.45, 2.75) is 20.0 Å².